The summed E-state index contributed by atoms with van der Waals surface area (Å²) in [5.41, 5.74) is 0.848. The van der Waals surface area contributed by atoms with Crippen LogP contribution in [0.5, 0.6) is 0 Å². The van der Waals surface area contributed by atoms with Crippen LogP contribution in [0.3, 0.4) is 0 Å². The Labute approximate surface area is 167 Å². The predicted octanol–water partition coefficient (Wildman–Crippen LogP) is 4.56. The number of hydrogen-bond donors (Lipinski definition) is 1. The van der Waals surface area contributed by atoms with Crippen molar-refractivity contribution in [3.63, 3.8) is 0 Å². The van der Waals surface area contributed by atoms with E-state index in [0.29, 0.717) is 5.69 Å². The van der Waals surface area contributed by atoms with E-state index >= 15 is 0 Å². The molecule has 28 heavy (non-hydrogen) atoms. The summed E-state index contributed by atoms with van der Waals surface area (Å²) in [5.74, 6) is -1.09. The van der Waals surface area contributed by atoms with E-state index in [0.717, 1.165) is 16.4 Å². The molecule has 0 spiro atoms. The van der Waals surface area contributed by atoms with Crippen molar-refractivity contribution in [2.75, 3.05) is 16.7 Å². The third kappa shape index (κ3) is 4.16. The molecule has 0 fully saturated rings. The van der Waals surface area contributed by atoms with Crippen molar-refractivity contribution in [1.29, 1.82) is 0 Å². The van der Waals surface area contributed by atoms with Gasteiger partial charge in [-0.2, -0.15) is 0 Å². The number of carbonyl (C=O) groups excluding carboxylic acids is 1. The van der Waals surface area contributed by atoms with Crippen molar-refractivity contribution >= 4 is 38.9 Å². The number of benzene rings is 3. The minimum absolute atomic E-state index is 0.0308. The van der Waals surface area contributed by atoms with Gasteiger partial charge in [0.05, 0.1) is 21.3 Å². The number of anilines is 2. The first-order valence-corrected chi connectivity index (χ1v) is 10.0. The molecule has 144 valence electrons. The topological polar surface area (TPSA) is 66.5 Å². The van der Waals surface area contributed by atoms with Crippen LogP contribution in [0.4, 0.5) is 15.8 Å². The fourth-order valence-corrected chi connectivity index (χ4v) is 3.97. The van der Waals surface area contributed by atoms with Crippen LogP contribution in [-0.4, -0.2) is 21.4 Å². The Morgan fingerprint density at radius 3 is 2.39 bits per heavy atom. The largest absolute Gasteiger partial charge is 0.321 e. The second-order valence-electron chi connectivity index (χ2n) is 5.91. The lowest BCUT2D eigenvalue weighted by atomic mass is 10.2. The molecule has 0 atom stereocenters. The molecule has 0 radical (unpaired) electrons. The molecule has 0 saturated carbocycles. The molecule has 3 aromatic carbocycles. The third-order valence-corrected chi connectivity index (χ3v) is 6.15. The summed E-state index contributed by atoms with van der Waals surface area (Å²) in [6.07, 6.45) is 0. The van der Waals surface area contributed by atoms with Crippen LogP contribution in [0, 0.1) is 5.82 Å². The average molecular weight is 419 g/mol. The summed E-state index contributed by atoms with van der Waals surface area (Å²) < 4.78 is 40.1. The second-order valence-corrected chi connectivity index (χ2v) is 8.29. The Morgan fingerprint density at radius 2 is 1.71 bits per heavy atom. The number of nitrogens with zero attached hydrogens (tertiary/aromatic N) is 1. The summed E-state index contributed by atoms with van der Waals surface area (Å²) in [6, 6.07) is 17.8. The van der Waals surface area contributed by atoms with Gasteiger partial charge in [-0.05, 0) is 48.5 Å². The van der Waals surface area contributed by atoms with Gasteiger partial charge < -0.3 is 5.32 Å². The maximum Gasteiger partial charge on any atom is 0.264 e. The van der Waals surface area contributed by atoms with E-state index in [4.69, 9.17) is 11.6 Å². The highest BCUT2D eigenvalue weighted by atomic mass is 35.5. The fraction of sp³-hybridized carbons (Fsp3) is 0.0500. The minimum Gasteiger partial charge on any atom is -0.321 e. The molecule has 5 nitrogen and oxygen atoms in total. The van der Waals surface area contributed by atoms with Crippen molar-refractivity contribution in [3.8, 4) is 0 Å². The lowest BCUT2D eigenvalue weighted by Crippen LogP contribution is -2.26. The van der Waals surface area contributed by atoms with E-state index in [1.807, 2.05) is 0 Å². The second kappa shape index (κ2) is 8.00. The third-order valence-electron chi connectivity index (χ3n) is 4.05. The summed E-state index contributed by atoms with van der Waals surface area (Å²) >= 11 is 5.92. The summed E-state index contributed by atoms with van der Waals surface area (Å²) in [6.45, 7) is 0. The zero-order valence-corrected chi connectivity index (χ0v) is 16.3. The maximum atomic E-state index is 13.1. The van der Waals surface area contributed by atoms with Crippen LogP contribution >= 0.6 is 11.6 Å². The van der Waals surface area contributed by atoms with E-state index in [1.54, 1.807) is 30.3 Å². The van der Waals surface area contributed by atoms with Crippen molar-refractivity contribution in [2.24, 2.45) is 0 Å². The smallest absolute Gasteiger partial charge is 0.264 e. The van der Waals surface area contributed by atoms with Crippen molar-refractivity contribution < 1.29 is 17.6 Å². The van der Waals surface area contributed by atoms with Gasteiger partial charge in [0.1, 0.15) is 5.82 Å². The molecule has 1 amide bonds. The molecule has 0 aliphatic carbocycles. The number of rotatable bonds is 5. The molecule has 0 saturated heterocycles. The normalized spacial score (nSPS) is 11.1. The van der Waals surface area contributed by atoms with Crippen LogP contribution in [0.1, 0.15) is 10.4 Å². The number of amides is 1. The van der Waals surface area contributed by atoms with Crippen molar-refractivity contribution in [3.05, 3.63) is 89.2 Å². The van der Waals surface area contributed by atoms with Crippen LogP contribution in [-0.2, 0) is 10.0 Å². The van der Waals surface area contributed by atoms with Crippen LogP contribution in [0.15, 0.2) is 77.7 Å². The quantitative estimate of drug-likeness (QED) is 0.660. The van der Waals surface area contributed by atoms with E-state index < -0.39 is 21.7 Å². The van der Waals surface area contributed by atoms with Gasteiger partial charge in [0, 0.05) is 12.6 Å². The van der Waals surface area contributed by atoms with Gasteiger partial charge in [-0.15, -0.1) is 0 Å². The average Bonchev–Trinajstić information content (AvgIpc) is 2.70. The Hall–Kier alpha value is -2.90. The van der Waals surface area contributed by atoms with E-state index in [-0.39, 0.29) is 21.2 Å². The number of hydrogen-bond acceptors (Lipinski definition) is 3. The van der Waals surface area contributed by atoms with Crippen molar-refractivity contribution in [2.45, 2.75) is 4.90 Å². The molecule has 0 aliphatic heterocycles. The van der Waals surface area contributed by atoms with E-state index in [1.165, 1.54) is 37.4 Å². The lowest BCUT2D eigenvalue weighted by molar-refractivity contribution is 0.102. The Morgan fingerprint density at radius 1 is 1.00 bits per heavy atom. The number of carbonyl (C=O) groups is 1. The minimum atomic E-state index is -3.86. The molecule has 0 heterocycles. The molecule has 8 heteroatoms. The Balaban J connectivity index is 1.88. The highest BCUT2D eigenvalue weighted by Gasteiger charge is 2.22. The fourth-order valence-electron chi connectivity index (χ4n) is 2.52. The monoisotopic (exact) mass is 418 g/mol. The van der Waals surface area contributed by atoms with Gasteiger partial charge in [-0.25, -0.2) is 12.8 Å². The number of para-hydroxylation sites is 1. The van der Waals surface area contributed by atoms with Gasteiger partial charge in [0.25, 0.3) is 15.9 Å². The molecular weight excluding hydrogens is 403 g/mol. The van der Waals surface area contributed by atoms with Gasteiger partial charge in [0.2, 0.25) is 0 Å². The molecule has 0 unspecified atom stereocenters. The summed E-state index contributed by atoms with van der Waals surface area (Å²) in [5, 5.41) is 2.59. The van der Waals surface area contributed by atoms with E-state index in [9.17, 15) is 17.6 Å². The Kier molecular flexibility index (Phi) is 5.67. The highest BCUT2D eigenvalue weighted by molar-refractivity contribution is 7.92. The zero-order valence-electron chi connectivity index (χ0n) is 14.8. The molecule has 0 aromatic heterocycles. The first-order chi connectivity index (χ1) is 13.3. The highest BCUT2D eigenvalue weighted by Crippen LogP contribution is 2.25. The number of halogens is 2. The van der Waals surface area contributed by atoms with Gasteiger partial charge in [-0.1, -0.05) is 35.9 Å². The van der Waals surface area contributed by atoms with Gasteiger partial charge in [-0.3, -0.25) is 9.10 Å². The molecule has 3 aromatic rings. The maximum absolute atomic E-state index is 13.1. The molecular formula is C20H16ClFN2O3S. The zero-order chi connectivity index (χ0) is 20.3. The van der Waals surface area contributed by atoms with E-state index in [2.05, 4.69) is 5.32 Å². The molecule has 3 rings (SSSR count). The van der Waals surface area contributed by atoms with Crippen molar-refractivity contribution in [1.82, 2.24) is 0 Å². The summed E-state index contributed by atoms with van der Waals surface area (Å²) in [4.78, 5) is 12.5. The Bertz CT molecular complexity index is 1120. The lowest BCUT2D eigenvalue weighted by Gasteiger charge is -2.19. The van der Waals surface area contributed by atoms with Crippen LogP contribution < -0.4 is 9.62 Å². The summed E-state index contributed by atoms with van der Waals surface area (Å²) in [7, 11) is -2.42. The van der Waals surface area contributed by atoms with Crippen LogP contribution in [0.2, 0.25) is 5.02 Å². The molecule has 1 N–H and O–H groups in total. The SMILES string of the molecule is CN(c1ccccc1)S(=O)(=O)c1cccc(C(=O)Nc2ccc(F)cc2Cl)c1. The van der Waals surface area contributed by atoms with Gasteiger partial charge >= 0.3 is 0 Å². The van der Waals surface area contributed by atoms with Crippen LogP contribution in [0.25, 0.3) is 0 Å². The number of sulfonamides is 1. The first-order valence-electron chi connectivity index (χ1n) is 8.19. The predicted molar refractivity (Wildman–Crippen MR) is 108 cm³/mol. The van der Waals surface area contributed by atoms with Gasteiger partial charge in [0.15, 0.2) is 0 Å². The standard InChI is InChI=1S/C20H16ClFN2O3S/c1-24(16-7-3-2-4-8-16)28(26,27)17-9-5-6-14(12-17)20(25)23-19-11-10-15(22)13-18(19)21/h2-13H,1H3,(H,23,25). The molecule has 0 bridgehead atoms. The molecule has 0 aliphatic rings. The first kappa shape index (κ1) is 19.9. The number of nitrogens with one attached hydrogen (secondary N) is 1.